The van der Waals surface area contributed by atoms with Crippen molar-refractivity contribution in [3.05, 3.63) is 28.7 Å². The van der Waals surface area contributed by atoms with Crippen molar-refractivity contribution in [2.75, 3.05) is 13.6 Å². The van der Waals surface area contributed by atoms with Crippen LogP contribution < -0.4 is 10.5 Å². The second kappa shape index (κ2) is 4.71. The van der Waals surface area contributed by atoms with Crippen molar-refractivity contribution in [3.8, 4) is 0 Å². The van der Waals surface area contributed by atoms with Gasteiger partial charge in [-0.1, -0.05) is 0 Å². The third kappa shape index (κ3) is 2.57. The van der Waals surface area contributed by atoms with E-state index in [0.29, 0.717) is 12.1 Å². The molecule has 1 aliphatic heterocycles. The van der Waals surface area contributed by atoms with Crippen LogP contribution in [0, 0.1) is 0 Å². The first-order chi connectivity index (χ1) is 9.85. The monoisotopic (exact) mass is 311 g/mol. The van der Waals surface area contributed by atoms with Crippen molar-refractivity contribution in [3.63, 3.8) is 0 Å². The molecule has 21 heavy (non-hydrogen) atoms. The van der Waals surface area contributed by atoms with E-state index in [0.717, 1.165) is 0 Å². The van der Waals surface area contributed by atoms with E-state index in [4.69, 9.17) is 4.42 Å². The number of carbonyl (C=O) groups is 1. The highest BCUT2D eigenvalue weighted by Gasteiger charge is 2.30. The van der Waals surface area contributed by atoms with Crippen molar-refractivity contribution in [2.45, 2.75) is 17.4 Å². The number of amides is 1. The Bertz CT molecular complexity index is 866. The molecule has 0 bridgehead atoms. The van der Waals surface area contributed by atoms with Gasteiger partial charge in [0.15, 0.2) is 5.58 Å². The molecule has 112 valence electrons. The fourth-order valence-corrected chi connectivity index (χ4v) is 3.56. The van der Waals surface area contributed by atoms with E-state index in [1.54, 1.807) is 7.05 Å². The molecule has 1 amide bonds. The topological polar surface area (TPSA) is 112 Å². The maximum absolute atomic E-state index is 12.3. The second-order valence-electron chi connectivity index (χ2n) is 4.97. The van der Waals surface area contributed by atoms with E-state index in [-0.39, 0.29) is 22.8 Å². The predicted octanol–water partition coefficient (Wildman–Crippen LogP) is -0.370. The van der Waals surface area contributed by atoms with Gasteiger partial charge in [0.2, 0.25) is 15.9 Å². The fourth-order valence-electron chi connectivity index (χ4n) is 2.32. The quantitative estimate of drug-likeness (QED) is 0.803. The Morgan fingerprint density at radius 3 is 2.81 bits per heavy atom. The molecule has 2 N–H and O–H groups in total. The zero-order valence-corrected chi connectivity index (χ0v) is 11.9. The molecule has 2 heterocycles. The van der Waals surface area contributed by atoms with Crippen LogP contribution in [0.15, 0.2) is 32.3 Å². The first-order valence-electron chi connectivity index (χ1n) is 6.24. The average Bonchev–Trinajstić information content (AvgIpc) is 2.90. The van der Waals surface area contributed by atoms with Crippen LogP contribution in [0.4, 0.5) is 0 Å². The van der Waals surface area contributed by atoms with Crippen LogP contribution in [-0.4, -0.2) is 43.8 Å². The summed E-state index contributed by atoms with van der Waals surface area (Å²) < 4.78 is 31.9. The number of likely N-dealkylation sites (N-methyl/N-ethyl adjacent to an activating group) is 1. The minimum Gasteiger partial charge on any atom is -0.408 e. The Kier molecular flexibility index (Phi) is 3.10. The lowest BCUT2D eigenvalue weighted by atomic mass is 10.3. The lowest BCUT2D eigenvalue weighted by Crippen LogP contribution is -2.36. The van der Waals surface area contributed by atoms with E-state index in [9.17, 15) is 18.0 Å². The van der Waals surface area contributed by atoms with Crippen LogP contribution >= 0.6 is 0 Å². The number of aromatic nitrogens is 1. The summed E-state index contributed by atoms with van der Waals surface area (Å²) in [6.45, 7) is 0.333. The minimum absolute atomic E-state index is 0.0141. The number of hydrogen-bond acceptors (Lipinski definition) is 5. The zero-order valence-electron chi connectivity index (χ0n) is 11.1. The van der Waals surface area contributed by atoms with Gasteiger partial charge < -0.3 is 9.32 Å². The molecule has 1 atom stereocenters. The van der Waals surface area contributed by atoms with Gasteiger partial charge in [-0.2, -0.15) is 0 Å². The molecular formula is C12H13N3O5S. The minimum atomic E-state index is -3.78. The van der Waals surface area contributed by atoms with Crippen molar-refractivity contribution in [2.24, 2.45) is 0 Å². The lowest BCUT2D eigenvalue weighted by Gasteiger charge is -2.12. The lowest BCUT2D eigenvalue weighted by molar-refractivity contribution is -0.126. The first-order valence-corrected chi connectivity index (χ1v) is 7.73. The van der Waals surface area contributed by atoms with Gasteiger partial charge in [-0.3, -0.25) is 9.78 Å². The number of aromatic amines is 1. The SMILES string of the molecule is CN1CC(NS(=O)(=O)c2ccc3[nH]c(=O)oc3c2)CC1=O. The van der Waals surface area contributed by atoms with Gasteiger partial charge in [-0.05, 0) is 12.1 Å². The number of likely N-dealkylation sites (tertiary alicyclic amines) is 1. The van der Waals surface area contributed by atoms with Crippen molar-refractivity contribution in [1.82, 2.24) is 14.6 Å². The molecule has 0 spiro atoms. The number of carbonyl (C=O) groups excluding carboxylic acids is 1. The summed E-state index contributed by atoms with van der Waals surface area (Å²) in [4.78, 5) is 26.4. The van der Waals surface area contributed by atoms with E-state index in [2.05, 4.69) is 9.71 Å². The molecule has 1 saturated heterocycles. The van der Waals surface area contributed by atoms with Gasteiger partial charge in [-0.25, -0.2) is 17.9 Å². The molecule has 0 aliphatic carbocycles. The number of hydrogen-bond donors (Lipinski definition) is 2. The first kappa shape index (κ1) is 13.8. The normalized spacial score (nSPS) is 19.6. The summed E-state index contributed by atoms with van der Waals surface area (Å²) in [6.07, 6.45) is 0.136. The number of fused-ring (bicyclic) bond motifs is 1. The van der Waals surface area contributed by atoms with E-state index < -0.39 is 21.8 Å². The summed E-state index contributed by atoms with van der Waals surface area (Å²) in [5.41, 5.74) is 0.595. The molecule has 0 saturated carbocycles. The summed E-state index contributed by atoms with van der Waals surface area (Å²) in [6, 6.07) is 3.65. The number of sulfonamides is 1. The van der Waals surface area contributed by atoms with Crippen LogP contribution in [0.2, 0.25) is 0 Å². The molecule has 0 radical (unpaired) electrons. The number of nitrogens with one attached hydrogen (secondary N) is 2. The third-order valence-electron chi connectivity index (χ3n) is 3.37. The van der Waals surface area contributed by atoms with Crippen molar-refractivity contribution >= 4 is 27.0 Å². The van der Waals surface area contributed by atoms with Crippen molar-refractivity contribution in [1.29, 1.82) is 0 Å². The van der Waals surface area contributed by atoms with E-state index in [1.165, 1.54) is 23.1 Å². The Morgan fingerprint density at radius 2 is 2.14 bits per heavy atom. The molecule has 1 aromatic carbocycles. The largest absolute Gasteiger partial charge is 0.417 e. The number of nitrogens with zero attached hydrogens (tertiary/aromatic N) is 1. The summed E-state index contributed by atoms with van der Waals surface area (Å²) in [7, 11) is -2.16. The number of benzene rings is 1. The third-order valence-corrected chi connectivity index (χ3v) is 4.88. The van der Waals surface area contributed by atoms with Crippen LogP contribution in [0.5, 0.6) is 0 Å². The molecule has 9 heteroatoms. The Hall–Kier alpha value is -2.13. The van der Waals surface area contributed by atoms with Gasteiger partial charge in [0.1, 0.15) is 0 Å². The fraction of sp³-hybridized carbons (Fsp3) is 0.333. The van der Waals surface area contributed by atoms with Gasteiger partial charge in [0.05, 0.1) is 10.4 Å². The smallest absolute Gasteiger partial charge is 0.408 e. The van der Waals surface area contributed by atoms with Crippen molar-refractivity contribution < 1.29 is 17.6 Å². The highest BCUT2D eigenvalue weighted by molar-refractivity contribution is 7.89. The maximum Gasteiger partial charge on any atom is 0.417 e. The highest BCUT2D eigenvalue weighted by atomic mass is 32.2. The number of oxazole rings is 1. The Labute approximate surface area is 119 Å². The standard InChI is InChI=1S/C12H13N3O5S/c1-15-6-7(4-11(15)16)14-21(18,19)8-2-3-9-10(5-8)20-12(17)13-9/h2-3,5,7,14H,4,6H2,1H3,(H,13,17). The zero-order chi connectivity index (χ0) is 15.2. The van der Waals surface area contributed by atoms with Crippen LogP contribution in [-0.2, 0) is 14.8 Å². The molecule has 3 rings (SSSR count). The molecule has 1 unspecified atom stereocenters. The predicted molar refractivity (Wildman–Crippen MR) is 73.2 cm³/mol. The molecule has 1 aromatic heterocycles. The van der Waals surface area contributed by atoms with E-state index >= 15 is 0 Å². The number of H-pyrrole nitrogens is 1. The van der Waals surface area contributed by atoms with Crippen LogP contribution in [0.1, 0.15) is 6.42 Å². The van der Waals surface area contributed by atoms with Crippen LogP contribution in [0.3, 0.4) is 0 Å². The van der Waals surface area contributed by atoms with Gasteiger partial charge in [0, 0.05) is 32.1 Å². The molecular weight excluding hydrogens is 298 g/mol. The second-order valence-corrected chi connectivity index (χ2v) is 6.68. The average molecular weight is 311 g/mol. The summed E-state index contributed by atoms with van der Waals surface area (Å²) in [5.74, 6) is -0.745. The summed E-state index contributed by atoms with van der Waals surface area (Å²) >= 11 is 0. The summed E-state index contributed by atoms with van der Waals surface area (Å²) in [5, 5.41) is 0. The Balaban J connectivity index is 1.89. The van der Waals surface area contributed by atoms with Gasteiger partial charge >= 0.3 is 5.76 Å². The molecule has 1 fully saturated rings. The molecule has 8 nitrogen and oxygen atoms in total. The Morgan fingerprint density at radius 1 is 1.38 bits per heavy atom. The van der Waals surface area contributed by atoms with Gasteiger partial charge in [-0.15, -0.1) is 0 Å². The molecule has 1 aliphatic rings. The highest BCUT2D eigenvalue weighted by Crippen LogP contribution is 2.18. The van der Waals surface area contributed by atoms with E-state index in [1.807, 2.05) is 0 Å². The van der Waals surface area contributed by atoms with Gasteiger partial charge in [0.25, 0.3) is 0 Å². The number of rotatable bonds is 3. The molecule has 2 aromatic rings. The van der Waals surface area contributed by atoms with Crippen LogP contribution in [0.25, 0.3) is 11.1 Å². The maximum atomic E-state index is 12.3.